The summed E-state index contributed by atoms with van der Waals surface area (Å²) in [6.07, 6.45) is 2.90. The maximum atomic E-state index is 11.5. The van der Waals surface area contributed by atoms with Gasteiger partial charge in [0, 0.05) is 26.2 Å². The van der Waals surface area contributed by atoms with Crippen molar-refractivity contribution in [1.29, 1.82) is 5.26 Å². The number of amides is 1. The Morgan fingerprint density at radius 3 is 2.62 bits per heavy atom. The summed E-state index contributed by atoms with van der Waals surface area (Å²) in [7, 11) is 3.71. The average molecular weight is 288 g/mol. The van der Waals surface area contributed by atoms with Gasteiger partial charge in [-0.15, -0.1) is 0 Å². The highest BCUT2D eigenvalue weighted by molar-refractivity contribution is 5.91. The molecule has 0 saturated heterocycles. The summed E-state index contributed by atoms with van der Waals surface area (Å²) in [6, 6.07) is 7.19. The largest absolute Gasteiger partial charge is 0.369 e. The first-order valence-corrected chi connectivity index (χ1v) is 7.11. The summed E-state index contributed by atoms with van der Waals surface area (Å²) in [4.78, 5) is 17.5. The summed E-state index contributed by atoms with van der Waals surface area (Å²) < 4.78 is 0. The van der Waals surface area contributed by atoms with Crippen molar-refractivity contribution in [2.45, 2.75) is 33.6 Å². The van der Waals surface area contributed by atoms with Gasteiger partial charge in [-0.3, -0.25) is 4.79 Å². The van der Waals surface area contributed by atoms with Crippen LogP contribution in [0.3, 0.4) is 0 Å². The molecule has 1 rings (SSSR count). The summed E-state index contributed by atoms with van der Waals surface area (Å²) >= 11 is 0. The van der Waals surface area contributed by atoms with E-state index in [-0.39, 0.29) is 5.91 Å². The Labute approximate surface area is 127 Å². The predicted molar refractivity (Wildman–Crippen MR) is 87.9 cm³/mol. The molecule has 1 amide bonds. The van der Waals surface area contributed by atoms with Crippen molar-refractivity contribution in [2.75, 3.05) is 19.4 Å². The van der Waals surface area contributed by atoms with Crippen molar-refractivity contribution < 1.29 is 4.79 Å². The van der Waals surface area contributed by atoms with E-state index in [1.165, 1.54) is 0 Å². The molecule has 0 unspecified atom stereocenters. The fourth-order valence-corrected chi connectivity index (χ4v) is 1.44. The average Bonchev–Trinajstić information content (AvgIpc) is 2.48. The van der Waals surface area contributed by atoms with Gasteiger partial charge in [0.1, 0.15) is 6.07 Å². The second-order valence-corrected chi connectivity index (χ2v) is 4.35. The van der Waals surface area contributed by atoms with Crippen LogP contribution in [0, 0.1) is 11.3 Å². The molecule has 0 aliphatic rings. The van der Waals surface area contributed by atoms with Gasteiger partial charge in [0.2, 0.25) is 5.91 Å². The molecular weight excluding hydrogens is 264 g/mol. The maximum absolute atomic E-state index is 11.5. The SMILES string of the molecule is CC.CCCC(=O)Nc1ccc(N=CN(C)C)c(C#N)c1. The first-order chi connectivity index (χ1) is 10.1. The number of benzene rings is 1. The number of hydrogen-bond acceptors (Lipinski definition) is 3. The third-order valence-electron chi connectivity index (χ3n) is 2.31. The zero-order chi connectivity index (χ0) is 16.3. The molecule has 0 bridgehead atoms. The number of nitrogens with one attached hydrogen (secondary N) is 1. The lowest BCUT2D eigenvalue weighted by Gasteiger charge is -2.07. The van der Waals surface area contributed by atoms with Crippen LogP contribution in [0.4, 0.5) is 11.4 Å². The summed E-state index contributed by atoms with van der Waals surface area (Å²) in [5.74, 6) is -0.0454. The van der Waals surface area contributed by atoms with Crippen LogP contribution >= 0.6 is 0 Å². The smallest absolute Gasteiger partial charge is 0.224 e. The minimum absolute atomic E-state index is 0.0454. The molecule has 1 aromatic rings. The third kappa shape index (κ3) is 7.11. The van der Waals surface area contributed by atoms with Crippen LogP contribution in [0.5, 0.6) is 0 Å². The standard InChI is InChI=1S/C14H18N4O.C2H6/c1-4-5-14(19)17-12-6-7-13(11(8-12)9-15)16-10-18(2)3;1-2/h6-8,10H,4-5H2,1-3H3,(H,17,19);1-2H3. The van der Waals surface area contributed by atoms with Crippen LogP contribution < -0.4 is 5.32 Å². The van der Waals surface area contributed by atoms with E-state index in [0.717, 1.165) is 6.42 Å². The third-order valence-corrected chi connectivity index (χ3v) is 2.31. The van der Waals surface area contributed by atoms with Gasteiger partial charge in [-0.05, 0) is 24.6 Å². The molecule has 0 saturated carbocycles. The van der Waals surface area contributed by atoms with Crippen molar-refractivity contribution in [3.8, 4) is 6.07 Å². The summed E-state index contributed by atoms with van der Waals surface area (Å²) in [5, 5.41) is 11.9. The Bertz CT molecular complexity index is 515. The second kappa shape index (κ2) is 10.4. The van der Waals surface area contributed by atoms with Gasteiger partial charge >= 0.3 is 0 Å². The number of aliphatic imine (C=N–C) groups is 1. The highest BCUT2D eigenvalue weighted by Gasteiger charge is 2.05. The number of nitriles is 1. The first kappa shape index (κ1) is 18.7. The number of hydrogen-bond donors (Lipinski definition) is 1. The van der Waals surface area contributed by atoms with Crippen molar-refractivity contribution in [3.63, 3.8) is 0 Å². The van der Waals surface area contributed by atoms with Crippen molar-refractivity contribution in [2.24, 2.45) is 4.99 Å². The van der Waals surface area contributed by atoms with E-state index in [9.17, 15) is 4.79 Å². The van der Waals surface area contributed by atoms with Gasteiger partial charge < -0.3 is 10.2 Å². The van der Waals surface area contributed by atoms with Crippen LogP contribution in [0.1, 0.15) is 39.2 Å². The topological polar surface area (TPSA) is 68.5 Å². The van der Waals surface area contributed by atoms with E-state index >= 15 is 0 Å². The molecule has 21 heavy (non-hydrogen) atoms. The zero-order valence-electron chi connectivity index (χ0n) is 13.5. The van der Waals surface area contributed by atoms with Gasteiger partial charge in [0.15, 0.2) is 0 Å². The molecule has 5 nitrogen and oxygen atoms in total. The van der Waals surface area contributed by atoms with Gasteiger partial charge in [0.25, 0.3) is 0 Å². The van der Waals surface area contributed by atoms with Crippen LogP contribution in [-0.4, -0.2) is 31.2 Å². The van der Waals surface area contributed by atoms with E-state index in [0.29, 0.717) is 23.4 Å². The van der Waals surface area contributed by atoms with E-state index in [1.807, 2.05) is 34.9 Å². The Morgan fingerprint density at radius 1 is 1.43 bits per heavy atom. The number of nitrogens with zero attached hydrogens (tertiary/aromatic N) is 3. The lowest BCUT2D eigenvalue weighted by Crippen LogP contribution is -2.10. The van der Waals surface area contributed by atoms with Crippen LogP contribution in [0.15, 0.2) is 23.2 Å². The molecule has 0 spiro atoms. The van der Waals surface area contributed by atoms with E-state index in [2.05, 4.69) is 16.4 Å². The molecule has 1 N–H and O–H groups in total. The minimum Gasteiger partial charge on any atom is -0.369 e. The summed E-state index contributed by atoms with van der Waals surface area (Å²) in [5.41, 5.74) is 1.65. The molecule has 5 heteroatoms. The molecule has 0 aromatic heterocycles. The van der Waals surface area contributed by atoms with Crippen LogP contribution in [0.25, 0.3) is 0 Å². The Hall–Kier alpha value is -2.35. The van der Waals surface area contributed by atoms with Gasteiger partial charge in [-0.2, -0.15) is 5.26 Å². The fourth-order valence-electron chi connectivity index (χ4n) is 1.44. The molecule has 114 valence electrons. The highest BCUT2D eigenvalue weighted by Crippen LogP contribution is 2.22. The Balaban J connectivity index is 0.00000191. The predicted octanol–water partition coefficient (Wildman–Crippen LogP) is 3.54. The number of carbonyl (C=O) groups is 1. The van der Waals surface area contributed by atoms with Crippen LogP contribution in [-0.2, 0) is 4.79 Å². The van der Waals surface area contributed by atoms with Gasteiger partial charge in [0.05, 0.1) is 17.6 Å². The first-order valence-electron chi connectivity index (χ1n) is 7.11. The maximum Gasteiger partial charge on any atom is 0.224 e. The number of anilines is 1. The highest BCUT2D eigenvalue weighted by atomic mass is 16.1. The molecule has 0 heterocycles. The summed E-state index contributed by atoms with van der Waals surface area (Å²) in [6.45, 7) is 5.94. The molecular formula is C16H24N4O. The molecule has 0 radical (unpaired) electrons. The lowest BCUT2D eigenvalue weighted by atomic mass is 10.1. The molecule has 0 aliphatic heterocycles. The number of rotatable bonds is 5. The van der Waals surface area contributed by atoms with Crippen molar-refractivity contribution >= 4 is 23.6 Å². The van der Waals surface area contributed by atoms with E-state index in [1.54, 1.807) is 29.4 Å². The zero-order valence-corrected chi connectivity index (χ0v) is 13.5. The minimum atomic E-state index is -0.0454. The fraction of sp³-hybridized carbons (Fsp3) is 0.438. The molecule has 0 fully saturated rings. The number of carbonyl (C=O) groups excluding carboxylic acids is 1. The monoisotopic (exact) mass is 288 g/mol. The van der Waals surface area contributed by atoms with E-state index < -0.39 is 0 Å². The molecule has 0 aliphatic carbocycles. The van der Waals surface area contributed by atoms with Crippen molar-refractivity contribution in [3.05, 3.63) is 23.8 Å². The second-order valence-electron chi connectivity index (χ2n) is 4.35. The molecule has 1 aromatic carbocycles. The van der Waals surface area contributed by atoms with Crippen LogP contribution in [0.2, 0.25) is 0 Å². The lowest BCUT2D eigenvalue weighted by molar-refractivity contribution is -0.116. The Morgan fingerprint density at radius 2 is 2.10 bits per heavy atom. The Kier molecular flexibility index (Phi) is 9.27. The van der Waals surface area contributed by atoms with Gasteiger partial charge in [-0.25, -0.2) is 4.99 Å². The van der Waals surface area contributed by atoms with Gasteiger partial charge in [-0.1, -0.05) is 20.8 Å². The quantitative estimate of drug-likeness (QED) is 0.665. The normalized spacial score (nSPS) is 9.52. The van der Waals surface area contributed by atoms with E-state index in [4.69, 9.17) is 5.26 Å². The molecule has 0 atom stereocenters. The van der Waals surface area contributed by atoms with Crippen molar-refractivity contribution in [1.82, 2.24) is 4.90 Å².